The molecule has 0 unspecified atom stereocenters. The minimum atomic E-state index is -0.136. The van der Waals surface area contributed by atoms with Gasteiger partial charge in [0.25, 0.3) is 5.91 Å². The zero-order chi connectivity index (χ0) is 13.8. The maximum Gasteiger partial charge on any atom is 0.255 e. The van der Waals surface area contributed by atoms with Crippen molar-refractivity contribution in [2.24, 2.45) is 0 Å². The molecule has 4 heteroatoms. The summed E-state index contributed by atoms with van der Waals surface area (Å²) in [5.74, 6) is 0.537. The van der Waals surface area contributed by atoms with Crippen LogP contribution >= 0.6 is 22.6 Å². The SMILES string of the molecule is COc1cccc(C(=O)Nc2ccc(I)cc2C)c1. The lowest BCUT2D eigenvalue weighted by Crippen LogP contribution is -2.12. The number of amides is 1. The molecule has 2 aromatic carbocycles. The Hall–Kier alpha value is -1.56. The molecule has 0 aliphatic heterocycles. The van der Waals surface area contributed by atoms with Crippen LogP contribution in [0.3, 0.4) is 0 Å². The standard InChI is InChI=1S/C15H14INO2/c1-10-8-12(16)6-7-14(10)17-15(18)11-4-3-5-13(9-11)19-2/h3-9H,1-2H3,(H,17,18). The van der Waals surface area contributed by atoms with Gasteiger partial charge in [0.1, 0.15) is 5.75 Å². The van der Waals surface area contributed by atoms with E-state index in [9.17, 15) is 4.79 Å². The molecule has 0 spiro atoms. The molecule has 0 bridgehead atoms. The van der Waals surface area contributed by atoms with Crippen molar-refractivity contribution in [2.75, 3.05) is 12.4 Å². The molecular formula is C15H14INO2. The molecule has 2 rings (SSSR count). The second kappa shape index (κ2) is 6.06. The Morgan fingerprint density at radius 2 is 2.00 bits per heavy atom. The molecule has 98 valence electrons. The number of methoxy groups -OCH3 is 1. The molecule has 0 aliphatic rings. The zero-order valence-corrected chi connectivity index (χ0v) is 12.9. The van der Waals surface area contributed by atoms with E-state index in [2.05, 4.69) is 27.9 Å². The highest BCUT2D eigenvalue weighted by Crippen LogP contribution is 2.19. The average Bonchev–Trinajstić information content (AvgIpc) is 2.42. The Bertz CT molecular complexity index is 611. The third-order valence-corrected chi connectivity index (χ3v) is 3.44. The number of anilines is 1. The molecule has 0 heterocycles. The summed E-state index contributed by atoms with van der Waals surface area (Å²) in [4.78, 5) is 12.2. The number of nitrogens with one attached hydrogen (secondary N) is 1. The summed E-state index contributed by atoms with van der Waals surface area (Å²) >= 11 is 2.25. The van der Waals surface area contributed by atoms with Gasteiger partial charge in [-0.25, -0.2) is 0 Å². The Balaban J connectivity index is 2.20. The smallest absolute Gasteiger partial charge is 0.255 e. The lowest BCUT2D eigenvalue weighted by Gasteiger charge is -2.09. The topological polar surface area (TPSA) is 38.3 Å². The molecule has 0 radical (unpaired) electrons. The van der Waals surface area contributed by atoms with Gasteiger partial charge in [0.05, 0.1) is 7.11 Å². The van der Waals surface area contributed by atoms with Crippen LogP contribution < -0.4 is 10.1 Å². The highest BCUT2D eigenvalue weighted by Gasteiger charge is 2.08. The summed E-state index contributed by atoms with van der Waals surface area (Å²) in [6.45, 7) is 1.98. The van der Waals surface area contributed by atoms with Crippen LogP contribution in [0.5, 0.6) is 5.75 Å². The van der Waals surface area contributed by atoms with Crippen LogP contribution in [0.15, 0.2) is 42.5 Å². The molecule has 0 saturated heterocycles. The number of aryl methyl sites for hydroxylation is 1. The zero-order valence-electron chi connectivity index (χ0n) is 10.7. The minimum absolute atomic E-state index is 0.136. The third-order valence-electron chi connectivity index (χ3n) is 2.77. The molecule has 0 fully saturated rings. The fourth-order valence-electron chi connectivity index (χ4n) is 1.73. The molecule has 0 saturated carbocycles. The highest BCUT2D eigenvalue weighted by molar-refractivity contribution is 14.1. The van der Waals surface area contributed by atoms with Gasteiger partial charge in [-0.3, -0.25) is 4.79 Å². The van der Waals surface area contributed by atoms with E-state index in [1.165, 1.54) is 0 Å². The quantitative estimate of drug-likeness (QED) is 0.837. The van der Waals surface area contributed by atoms with E-state index in [0.29, 0.717) is 11.3 Å². The maximum atomic E-state index is 12.2. The van der Waals surface area contributed by atoms with Crippen LogP contribution in [0.4, 0.5) is 5.69 Å². The van der Waals surface area contributed by atoms with Gasteiger partial charge in [-0.15, -0.1) is 0 Å². The summed E-state index contributed by atoms with van der Waals surface area (Å²) in [7, 11) is 1.58. The first-order valence-electron chi connectivity index (χ1n) is 5.81. The Morgan fingerprint density at radius 1 is 1.21 bits per heavy atom. The summed E-state index contributed by atoms with van der Waals surface area (Å²) in [5, 5.41) is 2.91. The van der Waals surface area contributed by atoms with Crippen molar-refractivity contribution in [3.8, 4) is 5.75 Å². The number of benzene rings is 2. The summed E-state index contributed by atoms with van der Waals surface area (Å²) < 4.78 is 6.26. The van der Waals surface area contributed by atoms with E-state index >= 15 is 0 Å². The van der Waals surface area contributed by atoms with Crippen LogP contribution in [0.25, 0.3) is 0 Å². The summed E-state index contributed by atoms with van der Waals surface area (Å²) in [5.41, 5.74) is 2.45. The van der Waals surface area contributed by atoms with E-state index in [0.717, 1.165) is 14.8 Å². The lowest BCUT2D eigenvalue weighted by molar-refractivity contribution is 0.102. The van der Waals surface area contributed by atoms with Gasteiger partial charge >= 0.3 is 0 Å². The van der Waals surface area contributed by atoms with Gasteiger partial charge in [-0.05, 0) is 71.5 Å². The van der Waals surface area contributed by atoms with Crippen LogP contribution in [0.1, 0.15) is 15.9 Å². The minimum Gasteiger partial charge on any atom is -0.497 e. The number of carbonyl (C=O) groups excluding carboxylic acids is 1. The predicted octanol–water partition coefficient (Wildman–Crippen LogP) is 3.86. The van der Waals surface area contributed by atoms with Crippen LogP contribution in [0.2, 0.25) is 0 Å². The second-order valence-electron chi connectivity index (χ2n) is 4.15. The van der Waals surface area contributed by atoms with Crippen LogP contribution in [0, 0.1) is 10.5 Å². The number of rotatable bonds is 3. The van der Waals surface area contributed by atoms with Gasteiger partial charge in [0, 0.05) is 14.8 Å². The summed E-state index contributed by atoms with van der Waals surface area (Å²) in [6, 6.07) is 13.0. The van der Waals surface area contributed by atoms with Crippen molar-refractivity contribution in [3.05, 3.63) is 57.2 Å². The second-order valence-corrected chi connectivity index (χ2v) is 5.39. The Morgan fingerprint density at radius 3 is 2.68 bits per heavy atom. The molecule has 0 aromatic heterocycles. The maximum absolute atomic E-state index is 12.2. The monoisotopic (exact) mass is 367 g/mol. The van der Waals surface area contributed by atoms with Gasteiger partial charge < -0.3 is 10.1 Å². The van der Waals surface area contributed by atoms with E-state index in [4.69, 9.17) is 4.74 Å². The fraction of sp³-hybridized carbons (Fsp3) is 0.133. The highest BCUT2D eigenvalue weighted by atomic mass is 127. The average molecular weight is 367 g/mol. The first-order valence-corrected chi connectivity index (χ1v) is 6.89. The van der Waals surface area contributed by atoms with Gasteiger partial charge in [-0.1, -0.05) is 6.07 Å². The third kappa shape index (κ3) is 3.47. The van der Waals surface area contributed by atoms with Crippen molar-refractivity contribution in [1.29, 1.82) is 0 Å². The number of hydrogen-bond acceptors (Lipinski definition) is 2. The van der Waals surface area contributed by atoms with Crippen molar-refractivity contribution in [1.82, 2.24) is 0 Å². The molecular weight excluding hydrogens is 353 g/mol. The molecule has 0 atom stereocenters. The van der Waals surface area contributed by atoms with Crippen LogP contribution in [-0.4, -0.2) is 13.0 Å². The number of halogens is 1. The Kier molecular flexibility index (Phi) is 4.42. The van der Waals surface area contributed by atoms with Gasteiger partial charge in [-0.2, -0.15) is 0 Å². The van der Waals surface area contributed by atoms with Crippen molar-refractivity contribution in [2.45, 2.75) is 6.92 Å². The summed E-state index contributed by atoms with van der Waals surface area (Å²) in [6.07, 6.45) is 0. The Labute approximate surface area is 126 Å². The molecule has 0 aliphatic carbocycles. The normalized spacial score (nSPS) is 10.1. The molecule has 3 nitrogen and oxygen atoms in total. The lowest BCUT2D eigenvalue weighted by atomic mass is 10.1. The van der Waals surface area contributed by atoms with Gasteiger partial charge in [0.15, 0.2) is 0 Å². The number of carbonyl (C=O) groups is 1. The van der Waals surface area contributed by atoms with E-state index < -0.39 is 0 Å². The predicted molar refractivity (Wildman–Crippen MR) is 84.8 cm³/mol. The van der Waals surface area contributed by atoms with Crippen molar-refractivity contribution in [3.63, 3.8) is 0 Å². The first kappa shape index (κ1) is 13.9. The number of hydrogen-bond donors (Lipinski definition) is 1. The van der Waals surface area contributed by atoms with E-state index in [1.807, 2.05) is 31.2 Å². The molecule has 19 heavy (non-hydrogen) atoms. The van der Waals surface area contributed by atoms with Crippen molar-refractivity contribution >= 4 is 34.2 Å². The van der Waals surface area contributed by atoms with E-state index in [1.54, 1.807) is 25.3 Å². The molecule has 1 amide bonds. The van der Waals surface area contributed by atoms with E-state index in [-0.39, 0.29) is 5.91 Å². The van der Waals surface area contributed by atoms with Gasteiger partial charge in [0.2, 0.25) is 0 Å². The molecule has 1 N–H and O–H groups in total. The first-order chi connectivity index (χ1) is 9.10. The van der Waals surface area contributed by atoms with Crippen molar-refractivity contribution < 1.29 is 9.53 Å². The largest absolute Gasteiger partial charge is 0.497 e. The fourth-order valence-corrected chi connectivity index (χ4v) is 2.37. The molecule has 2 aromatic rings. The van der Waals surface area contributed by atoms with Crippen LogP contribution in [-0.2, 0) is 0 Å². The number of ether oxygens (including phenoxy) is 1.